The Labute approximate surface area is 141 Å². The second-order valence-electron chi connectivity index (χ2n) is 5.13. The minimum atomic E-state index is -0.722. The van der Waals surface area contributed by atoms with E-state index >= 15 is 0 Å². The van der Waals surface area contributed by atoms with E-state index in [9.17, 15) is 9.59 Å². The normalized spacial score (nSPS) is 11.8. The van der Waals surface area contributed by atoms with Crippen LogP contribution in [0.25, 0.3) is 11.3 Å². The first-order chi connectivity index (χ1) is 11.6. The molecule has 0 radical (unpaired) electrons. The average molecular weight is 330 g/mol. The van der Waals surface area contributed by atoms with Crippen molar-refractivity contribution in [3.8, 4) is 17.0 Å². The first-order valence-electron chi connectivity index (χ1n) is 8.10. The highest BCUT2D eigenvalue weighted by Crippen LogP contribution is 2.21. The van der Waals surface area contributed by atoms with Crippen LogP contribution in [0.3, 0.4) is 0 Å². The molecule has 0 aliphatic rings. The van der Waals surface area contributed by atoms with Gasteiger partial charge in [-0.2, -0.15) is 5.10 Å². The number of hydrogen-bond donors (Lipinski definition) is 0. The standard InChI is InChI=1S/C18H22N2O4/c1-4-16(18(22)24-6-3)20-17(21)12-11-15(19-20)13-7-9-14(10-8-13)23-5-2/h7-12,16H,4-6H2,1-3H3/t16-/m1/s1. The second kappa shape index (κ2) is 8.29. The molecule has 6 nitrogen and oxygen atoms in total. The molecule has 0 amide bonds. The van der Waals surface area contributed by atoms with E-state index in [4.69, 9.17) is 9.47 Å². The van der Waals surface area contributed by atoms with Crippen LogP contribution in [-0.2, 0) is 9.53 Å². The lowest BCUT2D eigenvalue weighted by atomic mass is 10.1. The Morgan fingerprint density at radius 2 is 1.79 bits per heavy atom. The van der Waals surface area contributed by atoms with Crippen molar-refractivity contribution in [1.29, 1.82) is 0 Å². The van der Waals surface area contributed by atoms with Gasteiger partial charge in [-0.25, -0.2) is 9.48 Å². The first-order valence-corrected chi connectivity index (χ1v) is 8.10. The van der Waals surface area contributed by atoms with Gasteiger partial charge >= 0.3 is 5.97 Å². The molecule has 2 aromatic rings. The van der Waals surface area contributed by atoms with Crippen LogP contribution in [0, 0.1) is 0 Å². The Hall–Kier alpha value is -2.63. The molecule has 0 aliphatic heterocycles. The maximum Gasteiger partial charge on any atom is 0.331 e. The van der Waals surface area contributed by atoms with Gasteiger partial charge in [0.1, 0.15) is 5.75 Å². The molecule has 0 saturated heterocycles. The van der Waals surface area contributed by atoms with E-state index in [1.165, 1.54) is 10.7 Å². The molecular weight excluding hydrogens is 308 g/mol. The molecule has 0 fully saturated rings. The van der Waals surface area contributed by atoms with E-state index in [0.29, 0.717) is 18.7 Å². The average Bonchev–Trinajstić information content (AvgIpc) is 2.58. The first kappa shape index (κ1) is 17.7. The Kier molecular flexibility index (Phi) is 6.12. The molecule has 0 spiro atoms. The number of carbonyl (C=O) groups is 1. The highest BCUT2D eigenvalue weighted by atomic mass is 16.5. The smallest absolute Gasteiger partial charge is 0.331 e. The van der Waals surface area contributed by atoms with E-state index in [1.54, 1.807) is 13.0 Å². The van der Waals surface area contributed by atoms with Crippen molar-refractivity contribution >= 4 is 5.97 Å². The summed E-state index contributed by atoms with van der Waals surface area (Å²) in [5.74, 6) is 0.325. The summed E-state index contributed by atoms with van der Waals surface area (Å²) in [7, 11) is 0. The Morgan fingerprint density at radius 1 is 1.08 bits per heavy atom. The van der Waals surface area contributed by atoms with Crippen molar-refractivity contribution in [2.24, 2.45) is 0 Å². The molecule has 2 rings (SSSR count). The van der Waals surface area contributed by atoms with Crippen molar-refractivity contribution in [2.75, 3.05) is 13.2 Å². The summed E-state index contributed by atoms with van der Waals surface area (Å²) >= 11 is 0. The van der Waals surface area contributed by atoms with E-state index in [-0.39, 0.29) is 12.2 Å². The fourth-order valence-electron chi connectivity index (χ4n) is 2.37. The van der Waals surface area contributed by atoms with Gasteiger partial charge in [0.15, 0.2) is 6.04 Å². The fraction of sp³-hybridized carbons (Fsp3) is 0.389. The molecule has 1 aromatic carbocycles. The van der Waals surface area contributed by atoms with Crippen molar-refractivity contribution in [2.45, 2.75) is 33.2 Å². The number of esters is 1. The van der Waals surface area contributed by atoms with Gasteiger partial charge in [-0.3, -0.25) is 4.79 Å². The van der Waals surface area contributed by atoms with Gasteiger partial charge in [-0.15, -0.1) is 0 Å². The van der Waals surface area contributed by atoms with E-state index in [0.717, 1.165) is 11.3 Å². The predicted octanol–water partition coefficient (Wildman–Crippen LogP) is 2.82. The van der Waals surface area contributed by atoms with E-state index in [2.05, 4.69) is 5.10 Å². The highest BCUT2D eigenvalue weighted by Gasteiger charge is 2.22. The fourth-order valence-corrected chi connectivity index (χ4v) is 2.37. The zero-order chi connectivity index (χ0) is 17.5. The van der Waals surface area contributed by atoms with Gasteiger partial charge in [-0.1, -0.05) is 6.92 Å². The van der Waals surface area contributed by atoms with Crippen molar-refractivity contribution in [1.82, 2.24) is 9.78 Å². The monoisotopic (exact) mass is 330 g/mol. The molecule has 0 N–H and O–H groups in total. The molecule has 0 bridgehead atoms. The maximum atomic E-state index is 12.1. The number of nitrogens with zero attached hydrogens (tertiary/aromatic N) is 2. The minimum absolute atomic E-state index is 0.267. The maximum absolute atomic E-state index is 12.1. The van der Waals surface area contributed by atoms with Crippen LogP contribution in [0.15, 0.2) is 41.2 Å². The second-order valence-corrected chi connectivity index (χ2v) is 5.13. The van der Waals surface area contributed by atoms with E-state index < -0.39 is 12.0 Å². The van der Waals surface area contributed by atoms with Crippen LogP contribution < -0.4 is 10.3 Å². The number of benzene rings is 1. The van der Waals surface area contributed by atoms with Crippen LogP contribution >= 0.6 is 0 Å². The molecule has 0 saturated carbocycles. The highest BCUT2D eigenvalue weighted by molar-refractivity contribution is 5.74. The topological polar surface area (TPSA) is 70.4 Å². The molecule has 0 unspecified atom stereocenters. The predicted molar refractivity (Wildman–Crippen MR) is 91.1 cm³/mol. The molecule has 1 heterocycles. The van der Waals surface area contributed by atoms with Gasteiger partial charge in [-0.05, 0) is 50.6 Å². The summed E-state index contributed by atoms with van der Waals surface area (Å²) in [6.45, 7) is 6.34. The molecule has 24 heavy (non-hydrogen) atoms. The number of rotatable bonds is 7. The molecule has 128 valence electrons. The third-order valence-corrected chi connectivity index (χ3v) is 3.53. The summed E-state index contributed by atoms with van der Waals surface area (Å²) in [6, 6.07) is 9.77. The van der Waals surface area contributed by atoms with Crippen molar-refractivity contribution < 1.29 is 14.3 Å². The Bertz CT molecular complexity index is 737. The zero-order valence-corrected chi connectivity index (χ0v) is 14.2. The van der Waals surface area contributed by atoms with Crippen LogP contribution in [-0.4, -0.2) is 29.0 Å². The lowest BCUT2D eigenvalue weighted by molar-refractivity contribution is -0.147. The van der Waals surface area contributed by atoms with Crippen molar-refractivity contribution in [3.05, 3.63) is 46.8 Å². The third kappa shape index (κ3) is 4.01. The van der Waals surface area contributed by atoms with Crippen LogP contribution in [0.2, 0.25) is 0 Å². The molecule has 0 aliphatic carbocycles. The molecule has 1 aromatic heterocycles. The SMILES string of the molecule is CCOC(=O)[C@@H](CC)n1nc(-c2ccc(OCC)cc2)ccc1=O. The summed E-state index contributed by atoms with van der Waals surface area (Å²) in [5, 5.41) is 4.36. The molecule has 6 heteroatoms. The summed E-state index contributed by atoms with van der Waals surface area (Å²) in [6.07, 6.45) is 0.429. The largest absolute Gasteiger partial charge is 0.494 e. The lowest BCUT2D eigenvalue weighted by Crippen LogP contribution is -2.32. The molecular formula is C18H22N2O4. The third-order valence-electron chi connectivity index (χ3n) is 3.53. The zero-order valence-electron chi connectivity index (χ0n) is 14.2. The van der Waals surface area contributed by atoms with E-state index in [1.807, 2.05) is 38.1 Å². The lowest BCUT2D eigenvalue weighted by Gasteiger charge is -2.16. The van der Waals surface area contributed by atoms with Crippen LogP contribution in [0.5, 0.6) is 5.75 Å². The van der Waals surface area contributed by atoms with Gasteiger partial charge in [0.05, 0.1) is 18.9 Å². The summed E-state index contributed by atoms with van der Waals surface area (Å²) in [4.78, 5) is 24.2. The molecule has 1 atom stereocenters. The number of hydrogen-bond acceptors (Lipinski definition) is 5. The van der Waals surface area contributed by atoms with Crippen LogP contribution in [0.4, 0.5) is 0 Å². The Balaban J connectivity index is 2.37. The number of aromatic nitrogens is 2. The number of ether oxygens (including phenoxy) is 2. The Morgan fingerprint density at radius 3 is 2.38 bits per heavy atom. The van der Waals surface area contributed by atoms with Gasteiger partial charge in [0.2, 0.25) is 0 Å². The van der Waals surface area contributed by atoms with Gasteiger partial charge in [0, 0.05) is 11.6 Å². The van der Waals surface area contributed by atoms with Gasteiger partial charge in [0.25, 0.3) is 5.56 Å². The quantitative estimate of drug-likeness (QED) is 0.730. The van der Waals surface area contributed by atoms with Crippen LogP contribution in [0.1, 0.15) is 33.2 Å². The minimum Gasteiger partial charge on any atom is -0.494 e. The summed E-state index contributed by atoms with van der Waals surface area (Å²) in [5.41, 5.74) is 1.12. The number of carbonyl (C=O) groups excluding carboxylic acids is 1. The van der Waals surface area contributed by atoms with Crippen molar-refractivity contribution in [3.63, 3.8) is 0 Å². The van der Waals surface area contributed by atoms with Gasteiger partial charge < -0.3 is 9.47 Å². The summed E-state index contributed by atoms with van der Waals surface area (Å²) < 4.78 is 11.7.